The fourth-order valence-electron chi connectivity index (χ4n) is 2.30. The van der Waals surface area contributed by atoms with Gasteiger partial charge in [-0.05, 0) is 24.1 Å². The van der Waals surface area contributed by atoms with Gasteiger partial charge in [0.25, 0.3) is 11.7 Å². The molecule has 0 saturated carbocycles. The fourth-order valence-corrected chi connectivity index (χ4v) is 2.30. The van der Waals surface area contributed by atoms with E-state index >= 15 is 0 Å². The maximum absolute atomic E-state index is 13.3. The number of nitrogens with zero attached hydrogens (tertiary/aromatic N) is 2. The van der Waals surface area contributed by atoms with Gasteiger partial charge in [-0.1, -0.05) is 6.07 Å². The molecular formula is C15H10F2N2O2. The van der Waals surface area contributed by atoms with E-state index in [-0.39, 0.29) is 17.8 Å². The topological polar surface area (TPSA) is 50.3 Å². The Morgan fingerprint density at radius 3 is 2.62 bits per heavy atom. The smallest absolute Gasteiger partial charge is 0.299 e. The first-order valence-electron chi connectivity index (χ1n) is 6.32. The third kappa shape index (κ3) is 2.29. The molecule has 2 heterocycles. The van der Waals surface area contributed by atoms with Crippen LogP contribution in [0.25, 0.3) is 0 Å². The van der Waals surface area contributed by atoms with Crippen LogP contribution in [0.2, 0.25) is 0 Å². The molecule has 0 spiro atoms. The second kappa shape index (κ2) is 5.05. The number of benzene rings is 1. The van der Waals surface area contributed by atoms with Crippen LogP contribution in [0.15, 0.2) is 36.7 Å². The van der Waals surface area contributed by atoms with Crippen molar-refractivity contribution in [3.8, 4) is 0 Å². The molecule has 1 amide bonds. The predicted molar refractivity (Wildman–Crippen MR) is 71.0 cm³/mol. The molecule has 4 nitrogen and oxygen atoms in total. The molecule has 0 radical (unpaired) electrons. The monoisotopic (exact) mass is 288 g/mol. The Morgan fingerprint density at radius 2 is 1.90 bits per heavy atom. The number of fused-ring (bicyclic) bond motifs is 1. The molecule has 1 aromatic heterocycles. The van der Waals surface area contributed by atoms with Gasteiger partial charge in [-0.15, -0.1) is 0 Å². The van der Waals surface area contributed by atoms with E-state index in [1.807, 2.05) is 6.07 Å². The Hall–Kier alpha value is -2.63. The van der Waals surface area contributed by atoms with Crippen molar-refractivity contribution >= 4 is 17.4 Å². The summed E-state index contributed by atoms with van der Waals surface area (Å²) in [6.45, 7) is 0.203. The molecule has 1 aliphatic heterocycles. The van der Waals surface area contributed by atoms with Crippen LogP contribution in [0.4, 0.5) is 14.5 Å². The largest absolute Gasteiger partial charge is 0.304 e. The normalized spacial score (nSPS) is 13.7. The number of carbonyl (C=O) groups excluding carboxylic acids is 2. The van der Waals surface area contributed by atoms with Gasteiger partial charge in [0.15, 0.2) is 11.6 Å². The molecule has 0 aliphatic carbocycles. The highest BCUT2D eigenvalue weighted by molar-refractivity contribution is 6.52. The van der Waals surface area contributed by atoms with Crippen molar-refractivity contribution in [2.45, 2.75) is 6.42 Å². The van der Waals surface area contributed by atoms with Crippen molar-refractivity contribution in [2.24, 2.45) is 0 Å². The van der Waals surface area contributed by atoms with Crippen LogP contribution >= 0.6 is 0 Å². The Kier molecular flexibility index (Phi) is 3.21. The van der Waals surface area contributed by atoms with Crippen LogP contribution in [-0.2, 0) is 11.2 Å². The first kappa shape index (κ1) is 13.4. The lowest BCUT2D eigenvalue weighted by Crippen LogP contribution is -2.31. The first-order valence-corrected chi connectivity index (χ1v) is 6.32. The molecule has 6 heteroatoms. The molecule has 1 aliphatic rings. The maximum atomic E-state index is 13.3. The quantitative estimate of drug-likeness (QED) is 0.813. The standard InChI is InChI=1S/C15H10F2N2O2/c16-11-6-10-13(7-12(11)17)19(15(21)14(10)20)5-3-9-2-1-4-18-8-9/h1-2,4,6-8H,3,5H2. The van der Waals surface area contributed by atoms with Gasteiger partial charge in [0, 0.05) is 25.0 Å². The highest BCUT2D eigenvalue weighted by Crippen LogP contribution is 2.31. The summed E-state index contributed by atoms with van der Waals surface area (Å²) in [5.74, 6) is -3.79. The van der Waals surface area contributed by atoms with Gasteiger partial charge in [-0.25, -0.2) is 8.78 Å². The summed E-state index contributed by atoms with van der Waals surface area (Å²) in [4.78, 5) is 28.8. The SMILES string of the molecule is O=C1C(=O)N(CCc2cccnc2)c2cc(F)c(F)cc21. The number of Topliss-reactive ketones (excluding diaryl/α,β-unsaturated/α-hetero) is 1. The maximum Gasteiger partial charge on any atom is 0.299 e. The van der Waals surface area contributed by atoms with Crippen molar-refractivity contribution in [1.82, 2.24) is 4.98 Å². The second-order valence-corrected chi connectivity index (χ2v) is 4.68. The van der Waals surface area contributed by atoms with E-state index < -0.39 is 23.3 Å². The van der Waals surface area contributed by atoms with Crippen LogP contribution in [0.5, 0.6) is 0 Å². The van der Waals surface area contributed by atoms with E-state index in [2.05, 4.69) is 4.98 Å². The van der Waals surface area contributed by atoms with E-state index in [1.165, 1.54) is 4.90 Å². The minimum atomic E-state index is -1.14. The Labute approximate surface area is 119 Å². The number of amides is 1. The number of anilines is 1. The van der Waals surface area contributed by atoms with Gasteiger partial charge >= 0.3 is 0 Å². The third-order valence-corrected chi connectivity index (χ3v) is 3.36. The predicted octanol–water partition coefficient (Wildman–Crippen LogP) is 2.13. The van der Waals surface area contributed by atoms with Crippen molar-refractivity contribution in [1.29, 1.82) is 0 Å². The number of pyridine rings is 1. The van der Waals surface area contributed by atoms with E-state index in [0.29, 0.717) is 6.42 Å². The molecule has 0 N–H and O–H groups in total. The van der Waals surface area contributed by atoms with Gasteiger partial charge in [-0.2, -0.15) is 0 Å². The zero-order chi connectivity index (χ0) is 15.0. The summed E-state index contributed by atoms with van der Waals surface area (Å²) in [5.41, 5.74) is 0.909. The zero-order valence-electron chi connectivity index (χ0n) is 10.8. The molecule has 0 atom stereocenters. The first-order chi connectivity index (χ1) is 10.1. The van der Waals surface area contributed by atoms with Crippen molar-refractivity contribution < 1.29 is 18.4 Å². The van der Waals surface area contributed by atoms with Crippen molar-refractivity contribution in [3.05, 3.63) is 59.4 Å². The molecule has 0 unspecified atom stereocenters. The van der Waals surface area contributed by atoms with Crippen LogP contribution < -0.4 is 4.90 Å². The number of halogens is 2. The molecule has 1 aromatic carbocycles. The fraction of sp³-hybridized carbons (Fsp3) is 0.133. The van der Waals surface area contributed by atoms with Gasteiger partial charge in [0.2, 0.25) is 0 Å². The lowest BCUT2D eigenvalue weighted by molar-refractivity contribution is -0.114. The summed E-state index contributed by atoms with van der Waals surface area (Å²) in [7, 11) is 0. The van der Waals surface area contributed by atoms with Gasteiger partial charge in [0.1, 0.15) is 0 Å². The highest BCUT2D eigenvalue weighted by Gasteiger charge is 2.36. The van der Waals surface area contributed by atoms with E-state index in [4.69, 9.17) is 0 Å². The van der Waals surface area contributed by atoms with Crippen molar-refractivity contribution in [3.63, 3.8) is 0 Å². The van der Waals surface area contributed by atoms with E-state index in [0.717, 1.165) is 17.7 Å². The summed E-state index contributed by atoms with van der Waals surface area (Å²) in [6, 6.07) is 5.25. The lowest BCUT2D eigenvalue weighted by Gasteiger charge is -2.16. The molecule has 0 saturated heterocycles. The lowest BCUT2D eigenvalue weighted by atomic mass is 10.1. The van der Waals surface area contributed by atoms with Crippen LogP contribution in [0.1, 0.15) is 15.9 Å². The van der Waals surface area contributed by atoms with Gasteiger partial charge in [-0.3, -0.25) is 14.6 Å². The Bertz CT molecular complexity index is 732. The number of aromatic nitrogens is 1. The molecule has 2 aromatic rings. The summed E-state index contributed by atoms with van der Waals surface area (Å²) < 4.78 is 26.5. The molecule has 3 rings (SSSR count). The average Bonchev–Trinajstić information content (AvgIpc) is 2.71. The second-order valence-electron chi connectivity index (χ2n) is 4.68. The van der Waals surface area contributed by atoms with E-state index in [9.17, 15) is 18.4 Å². The van der Waals surface area contributed by atoms with Crippen molar-refractivity contribution in [2.75, 3.05) is 11.4 Å². The summed E-state index contributed by atoms with van der Waals surface area (Å²) in [5, 5.41) is 0. The minimum Gasteiger partial charge on any atom is -0.304 e. The average molecular weight is 288 g/mol. The number of ketones is 1. The number of carbonyl (C=O) groups is 2. The minimum absolute atomic E-state index is 0.0925. The number of hydrogen-bond donors (Lipinski definition) is 0. The molecule has 21 heavy (non-hydrogen) atoms. The number of hydrogen-bond acceptors (Lipinski definition) is 3. The van der Waals surface area contributed by atoms with Gasteiger partial charge in [0.05, 0.1) is 11.3 Å². The summed E-state index contributed by atoms with van der Waals surface area (Å²) in [6.07, 6.45) is 3.74. The zero-order valence-corrected chi connectivity index (χ0v) is 10.8. The van der Waals surface area contributed by atoms with Gasteiger partial charge < -0.3 is 4.90 Å². The van der Waals surface area contributed by atoms with Crippen LogP contribution in [-0.4, -0.2) is 23.2 Å². The number of rotatable bonds is 3. The summed E-state index contributed by atoms with van der Waals surface area (Å²) >= 11 is 0. The molecule has 0 bridgehead atoms. The third-order valence-electron chi connectivity index (χ3n) is 3.36. The Morgan fingerprint density at radius 1 is 1.14 bits per heavy atom. The van der Waals surface area contributed by atoms with Crippen LogP contribution in [0.3, 0.4) is 0 Å². The molecule has 106 valence electrons. The van der Waals surface area contributed by atoms with E-state index in [1.54, 1.807) is 18.5 Å². The van der Waals surface area contributed by atoms with Crippen LogP contribution in [0, 0.1) is 11.6 Å². The molecular weight excluding hydrogens is 278 g/mol. The highest BCUT2D eigenvalue weighted by atomic mass is 19.2. The Balaban J connectivity index is 1.89. The molecule has 0 fully saturated rings.